The van der Waals surface area contributed by atoms with Gasteiger partial charge < -0.3 is 10.4 Å². The number of aliphatic hydroxyl groups is 1. The smallest absolute Gasteiger partial charge is 0.396 e. The summed E-state index contributed by atoms with van der Waals surface area (Å²) >= 11 is 0. The highest BCUT2D eigenvalue weighted by Crippen LogP contribution is 2.29. The van der Waals surface area contributed by atoms with Gasteiger partial charge in [0, 0.05) is 18.3 Å². The lowest BCUT2D eigenvalue weighted by Gasteiger charge is -2.17. The van der Waals surface area contributed by atoms with Crippen LogP contribution in [-0.4, -0.2) is 17.8 Å². The normalized spacial score (nSPS) is 13.5. The van der Waals surface area contributed by atoms with Gasteiger partial charge in [0.1, 0.15) is 0 Å². The Morgan fingerprint density at radius 1 is 1.24 bits per heavy atom. The highest BCUT2D eigenvalue weighted by molar-refractivity contribution is 5.45. The molecule has 0 heterocycles. The molecule has 1 aromatic carbocycles. The molecule has 2 N–H and O–H groups in total. The monoisotopic (exact) mass is 247 g/mol. The maximum Gasteiger partial charge on any atom is 0.416 e. The topological polar surface area (TPSA) is 32.3 Å². The first kappa shape index (κ1) is 13.8. The Morgan fingerprint density at radius 3 is 2.24 bits per heavy atom. The molecule has 0 aromatic heterocycles. The van der Waals surface area contributed by atoms with Crippen LogP contribution in [-0.2, 0) is 6.18 Å². The van der Waals surface area contributed by atoms with Gasteiger partial charge in [-0.15, -0.1) is 0 Å². The van der Waals surface area contributed by atoms with Crippen molar-refractivity contribution in [1.29, 1.82) is 0 Å². The van der Waals surface area contributed by atoms with Gasteiger partial charge in [0.2, 0.25) is 0 Å². The first-order valence-electron chi connectivity index (χ1n) is 5.52. The third-order valence-electron chi connectivity index (χ3n) is 2.55. The summed E-state index contributed by atoms with van der Waals surface area (Å²) in [6.45, 7) is 2.02. The quantitative estimate of drug-likeness (QED) is 0.836. The summed E-state index contributed by atoms with van der Waals surface area (Å²) in [5.74, 6) is 0. The Balaban J connectivity index is 2.68. The first-order valence-corrected chi connectivity index (χ1v) is 5.52. The van der Waals surface area contributed by atoms with Crippen molar-refractivity contribution < 1.29 is 18.3 Å². The molecular weight excluding hydrogens is 231 g/mol. The van der Waals surface area contributed by atoms with E-state index in [-0.39, 0.29) is 12.6 Å². The number of aliphatic hydroxyl groups excluding tert-OH is 1. The van der Waals surface area contributed by atoms with Crippen molar-refractivity contribution in [2.45, 2.75) is 32.0 Å². The second-order valence-corrected chi connectivity index (χ2v) is 3.84. The molecule has 1 rings (SSSR count). The summed E-state index contributed by atoms with van der Waals surface area (Å²) in [5.41, 5.74) is -0.0171. The largest absolute Gasteiger partial charge is 0.416 e. The molecule has 1 unspecified atom stereocenters. The molecule has 0 radical (unpaired) electrons. The van der Waals surface area contributed by atoms with Crippen LogP contribution in [0.15, 0.2) is 24.3 Å². The SMILES string of the molecule is CCC(CCO)Nc1ccc(C(F)(F)F)cc1. The zero-order valence-electron chi connectivity index (χ0n) is 9.59. The third-order valence-corrected chi connectivity index (χ3v) is 2.55. The van der Waals surface area contributed by atoms with Crippen LogP contribution in [0.1, 0.15) is 25.3 Å². The molecule has 1 aromatic rings. The minimum Gasteiger partial charge on any atom is -0.396 e. The number of hydrogen-bond donors (Lipinski definition) is 2. The van der Waals surface area contributed by atoms with Crippen LogP contribution in [0.4, 0.5) is 18.9 Å². The molecule has 0 amide bonds. The highest BCUT2D eigenvalue weighted by atomic mass is 19.4. The number of benzene rings is 1. The highest BCUT2D eigenvalue weighted by Gasteiger charge is 2.29. The second kappa shape index (κ2) is 5.91. The van der Waals surface area contributed by atoms with Crippen molar-refractivity contribution in [2.24, 2.45) is 0 Å². The molecule has 0 fully saturated rings. The minimum absolute atomic E-state index is 0.0616. The van der Waals surface area contributed by atoms with Gasteiger partial charge in [-0.25, -0.2) is 0 Å². The fraction of sp³-hybridized carbons (Fsp3) is 0.500. The van der Waals surface area contributed by atoms with Gasteiger partial charge in [-0.1, -0.05) is 6.92 Å². The lowest BCUT2D eigenvalue weighted by atomic mass is 10.1. The Labute approximate surface area is 98.5 Å². The third kappa shape index (κ3) is 4.26. The average Bonchev–Trinajstić information content (AvgIpc) is 2.28. The zero-order valence-corrected chi connectivity index (χ0v) is 9.59. The van der Waals surface area contributed by atoms with Crippen molar-refractivity contribution >= 4 is 5.69 Å². The predicted octanol–water partition coefficient (Wildman–Crippen LogP) is 3.28. The minimum atomic E-state index is -4.30. The second-order valence-electron chi connectivity index (χ2n) is 3.84. The van der Waals surface area contributed by atoms with Gasteiger partial charge >= 0.3 is 6.18 Å². The summed E-state index contributed by atoms with van der Waals surface area (Å²) in [7, 11) is 0. The molecule has 0 spiro atoms. The molecule has 96 valence electrons. The molecule has 0 bridgehead atoms. The fourth-order valence-electron chi connectivity index (χ4n) is 1.53. The number of alkyl halides is 3. The standard InChI is InChI=1S/C12H16F3NO/c1-2-10(7-8-17)16-11-5-3-9(4-6-11)12(13,14)15/h3-6,10,16-17H,2,7-8H2,1H3. The Hall–Kier alpha value is -1.23. The average molecular weight is 247 g/mol. The van der Waals surface area contributed by atoms with Crippen LogP contribution in [0.2, 0.25) is 0 Å². The van der Waals surface area contributed by atoms with E-state index in [1.807, 2.05) is 6.92 Å². The van der Waals surface area contributed by atoms with Crippen LogP contribution in [0.5, 0.6) is 0 Å². The molecule has 0 aliphatic heterocycles. The summed E-state index contributed by atoms with van der Waals surface area (Å²) in [6, 6.07) is 4.99. The summed E-state index contributed by atoms with van der Waals surface area (Å²) < 4.78 is 36.9. The lowest BCUT2D eigenvalue weighted by molar-refractivity contribution is -0.137. The van der Waals surface area contributed by atoms with E-state index >= 15 is 0 Å². The van der Waals surface area contributed by atoms with Gasteiger partial charge in [-0.2, -0.15) is 13.2 Å². The van der Waals surface area contributed by atoms with Crippen LogP contribution < -0.4 is 5.32 Å². The molecule has 0 aliphatic carbocycles. The predicted molar refractivity (Wildman–Crippen MR) is 60.8 cm³/mol. The van der Waals surface area contributed by atoms with Crippen LogP contribution in [0, 0.1) is 0 Å². The van der Waals surface area contributed by atoms with E-state index in [1.54, 1.807) is 0 Å². The first-order chi connectivity index (χ1) is 7.97. The van der Waals surface area contributed by atoms with Crippen LogP contribution in [0.25, 0.3) is 0 Å². The molecular formula is C12H16F3NO. The molecule has 0 saturated carbocycles. The van der Waals surface area contributed by atoms with Crippen LogP contribution >= 0.6 is 0 Å². The number of halogens is 3. The number of anilines is 1. The molecule has 5 heteroatoms. The van der Waals surface area contributed by atoms with Crippen molar-refractivity contribution in [3.05, 3.63) is 29.8 Å². The zero-order chi connectivity index (χ0) is 12.9. The van der Waals surface area contributed by atoms with E-state index in [0.29, 0.717) is 12.1 Å². The molecule has 0 saturated heterocycles. The summed E-state index contributed by atoms with van der Waals surface area (Å²) in [6.07, 6.45) is -2.91. The Bertz CT molecular complexity index is 335. The van der Waals surface area contributed by atoms with Crippen molar-refractivity contribution in [1.82, 2.24) is 0 Å². The van der Waals surface area contributed by atoms with E-state index in [9.17, 15) is 13.2 Å². The summed E-state index contributed by atoms with van der Waals surface area (Å²) in [4.78, 5) is 0. The van der Waals surface area contributed by atoms with E-state index in [0.717, 1.165) is 18.6 Å². The van der Waals surface area contributed by atoms with Crippen molar-refractivity contribution in [2.75, 3.05) is 11.9 Å². The van der Waals surface area contributed by atoms with Gasteiger partial charge in [0.05, 0.1) is 5.56 Å². The Kier molecular flexibility index (Phi) is 4.81. The van der Waals surface area contributed by atoms with Gasteiger partial charge in [0.15, 0.2) is 0 Å². The van der Waals surface area contributed by atoms with E-state index in [2.05, 4.69) is 5.32 Å². The summed E-state index contributed by atoms with van der Waals surface area (Å²) in [5, 5.41) is 11.9. The number of hydrogen-bond acceptors (Lipinski definition) is 2. The van der Waals surface area contributed by atoms with Gasteiger partial charge in [0.25, 0.3) is 0 Å². The van der Waals surface area contributed by atoms with Crippen molar-refractivity contribution in [3.8, 4) is 0 Å². The van der Waals surface area contributed by atoms with E-state index < -0.39 is 11.7 Å². The molecule has 1 atom stereocenters. The van der Waals surface area contributed by atoms with E-state index in [4.69, 9.17) is 5.11 Å². The molecule has 17 heavy (non-hydrogen) atoms. The maximum absolute atomic E-state index is 12.3. The maximum atomic E-state index is 12.3. The number of rotatable bonds is 5. The molecule has 2 nitrogen and oxygen atoms in total. The lowest BCUT2D eigenvalue weighted by Crippen LogP contribution is -2.19. The Morgan fingerprint density at radius 2 is 1.82 bits per heavy atom. The van der Waals surface area contributed by atoms with Crippen LogP contribution in [0.3, 0.4) is 0 Å². The fourth-order valence-corrected chi connectivity index (χ4v) is 1.53. The number of nitrogens with one attached hydrogen (secondary N) is 1. The molecule has 0 aliphatic rings. The van der Waals surface area contributed by atoms with Gasteiger partial charge in [-0.3, -0.25) is 0 Å². The van der Waals surface area contributed by atoms with E-state index in [1.165, 1.54) is 12.1 Å². The van der Waals surface area contributed by atoms with Gasteiger partial charge in [-0.05, 0) is 37.1 Å². The van der Waals surface area contributed by atoms with Crippen molar-refractivity contribution in [3.63, 3.8) is 0 Å².